The maximum absolute atomic E-state index is 12.1. The Balaban J connectivity index is 2.23. The summed E-state index contributed by atoms with van der Waals surface area (Å²) < 4.78 is 5.28. The van der Waals surface area contributed by atoms with Crippen LogP contribution in [-0.4, -0.2) is 47.0 Å². The molecule has 2 heterocycles. The lowest BCUT2D eigenvalue weighted by atomic mass is 9.84. The molecule has 0 radical (unpaired) electrons. The van der Waals surface area contributed by atoms with Gasteiger partial charge in [0.25, 0.3) is 0 Å². The number of ether oxygens (including phenoxy) is 1. The van der Waals surface area contributed by atoms with Gasteiger partial charge in [-0.25, -0.2) is 9.59 Å². The Hall–Kier alpha value is -3.02. The van der Waals surface area contributed by atoms with Crippen molar-refractivity contribution in [2.45, 2.75) is 39.3 Å². The first-order valence-electron chi connectivity index (χ1n) is 8.68. The maximum atomic E-state index is 12.1. The van der Waals surface area contributed by atoms with Crippen LogP contribution < -0.4 is 15.5 Å². The third-order valence-electron chi connectivity index (χ3n) is 4.20. The molecular weight excluding hydrogens is 350 g/mol. The summed E-state index contributed by atoms with van der Waals surface area (Å²) in [5, 5.41) is 23.6. The van der Waals surface area contributed by atoms with Gasteiger partial charge in [0.05, 0.1) is 35.6 Å². The molecule has 3 unspecified atom stereocenters. The minimum atomic E-state index is -1.17. The summed E-state index contributed by atoms with van der Waals surface area (Å²) in [7, 11) is 0. The first kappa shape index (κ1) is 20.3. The Morgan fingerprint density at radius 2 is 2.11 bits per heavy atom. The Morgan fingerprint density at radius 1 is 1.41 bits per heavy atom. The predicted octanol–water partition coefficient (Wildman–Crippen LogP) is 2.66. The van der Waals surface area contributed by atoms with Crippen molar-refractivity contribution in [2.24, 2.45) is 11.8 Å². The quantitative estimate of drug-likeness (QED) is 0.741. The van der Waals surface area contributed by atoms with Crippen LogP contribution in [0.3, 0.4) is 0 Å². The molecule has 146 valence electrons. The van der Waals surface area contributed by atoms with Crippen LogP contribution in [0.5, 0.6) is 0 Å². The molecule has 1 fully saturated rings. The molecule has 1 aromatic rings. The fourth-order valence-electron chi connectivity index (χ4n) is 3.16. The van der Waals surface area contributed by atoms with Crippen molar-refractivity contribution in [2.75, 3.05) is 23.3 Å². The first-order valence-corrected chi connectivity index (χ1v) is 8.68. The standard InChI is InChI=1S/C18H25N5O4/c1-11-9-23(10-14(12(11)7-19)21-16(24)25)15-5-6-20-8-13(15)22-17(26)27-18(2,3)4/h5-6,8,11-12,14,21H,9-10H2,1-4H3,(H,22,26)(H,24,25). The number of carbonyl (C=O) groups excluding carboxylic acids is 1. The maximum Gasteiger partial charge on any atom is 0.412 e. The molecule has 2 rings (SSSR count). The number of carbonyl (C=O) groups is 2. The van der Waals surface area contributed by atoms with Crippen molar-refractivity contribution in [1.82, 2.24) is 10.3 Å². The van der Waals surface area contributed by atoms with E-state index in [0.717, 1.165) is 0 Å². The zero-order valence-corrected chi connectivity index (χ0v) is 15.9. The summed E-state index contributed by atoms with van der Waals surface area (Å²) >= 11 is 0. The van der Waals surface area contributed by atoms with Crippen LogP contribution >= 0.6 is 0 Å². The van der Waals surface area contributed by atoms with E-state index in [0.29, 0.717) is 24.5 Å². The molecule has 2 amide bonds. The summed E-state index contributed by atoms with van der Waals surface area (Å²) in [5.41, 5.74) is 0.516. The van der Waals surface area contributed by atoms with Gasteiger partial charge in [-0.1, -0.05) is 6.92 Å². The molecule has 0 spiro atoms. The smallest absolute Gasteiger partial charge is 0.412 e. The van der Waals surface area contributed by atoms with Crippen LogP contribution in [0, 0.1) is 23.2 Å². The number of nitrogens with zero attached hydrogens (tertiary/aromatic N) is 3. The monoisotopic (exact) mass is 375 g/mol. The minimum Gasteiger partial charge on any atom is -0.465 e. The van der Waals surface area contributed by atoms with Crippen molar-refractivity contribution >= 4 is 23.6 Å². The van der Waals surface area contributed by atoms with Crippen LogP contribution in [0.15, 0.2) is 18.5 Å². The van der Waals surface area contributed by atoms with E-state index in [4.69, 9.17) is 9.84 Å². The van der Waals surface area contributed by atoms with Gasteiger partial charge in [-0.15, -0.1) is 0 Å². The minimum absolute atomic E-state index is 0.0665. The second-order valence-corrected chi connectivity index (χ2v) is 7.61. The lowest BCUT2D eigenvalue weighted by Crippen LogP contribution is -2.55. The fourth-order valence-corrected chi connectivity index (χ4v) is 3.16. The fraction of sp³-hybridized carbons (Fsp3) is 0.556. The number of amides is 2. The number of aromatic nitrogens is 1. The number of nitrogens with one attached hydrogen (secondary N) is 2. The Morgan fingerprint density at radius 3 is 2.70 bits per heavy atom. The molecule has 9 nitrogen and oxygen atoms in total. The lowest BCUT2D eigenvalue weighted by molar-refractivity contribution is 0.0636. The highest BCUT2D eigenvalue weighted by Gasteiger charge is 2.36. The Bertz CT molecular complexity index is 740. The molecule has 27 heavy (non-hydrogen) atoms. The number of nitriles is 1. The van der Waals surface area contributed by atoms with Crippen molar-refractivity contribution in [3.05, 3.63) is 18.5 Å². The molecule has 9 heteroatoms. The van der Waals surface area contributed by atoms with Gasteiger partial charge in [0.15, 0.2) is 0 Å². The van der Waals surface area contributed by atoms with Gasteiger partial charge in [-0.3, -0.25) is 10.3 Å². The molecule has 1 aliphatic heterocycles. The largest absolute Gasteiger partial charge is 0.465 e. The van der Waals surface area contributed by atoms with E-state index in [2.05, 4.69) is 21.7 Å². The van der Waals surface area contributed by atoms with Gasteiger partial charge in [0.2, 0.25) is 0 Å². The average Bonchev–Trinajstić information content (AvgIpc) is 2.52. The van der Waals surface area contributed by atoms with Crippen LogP contribution in [0.25, 0.3) is 0 Å². The van der Waals surface area contributed by atoms with E-state index in [1.165, 1.54) is 6.20 Å². The second-order valence-electron chi connectivity index (χ2n) is 7.61. The molecule has 0 saturated carbocycles. The van der Waals surface area contributed by atoms with Crippen molar-refractivity contribution in [3.8, 4) is 6.07 Å². The molecule has 0 bridgehead atoms. The summed E-state index contributed by atoms with van der Waals surface area (Å²) in [4.78, 5) is 29.2. The van der Waals surface area contributed by atoms with E-state index in [-0.39, 0.29) is 5.92 Å². The van der Waals surface area contributed by atoms with Gasteiger partial charge >= 0.3 is 12.2 Å². The Labute approximate surface area is 158 Å². The van der Waals surface area contributed by atoms with Crippen LogP contribution in [0.2, 0.25) is 0 Å². The van der Waals surface area contributed by atoms with Gasteiger partial charge in [-0.05, 0) is 32.8 Å². The van der Waals surface area contributed by atoms with Gasteiger partial charge in [0.1, 0.15) is 5.60 Å². The third-order valence-corrected chi connectivity index (χ3v) is 4.20. The molecule has 0 aromatic carbocycles. The van der Waals surface area contributed by atoms with Crippen LogP contribution in [0.1, 0.15) is 27.7 Å². The number of pyridine rings is 1. The predicted molar refractivity (Wildman–Crippen MR) is 99.5 cm³/mol. The summed E-state index contributed by atoms with van der Waals surface area (Å²) in [6.07, 6.45) is 1.34. The summed E-state index contributed by atoms with van der Waals surface area (Å²) in [5.74, 6) is -0.496. The van der Waals surface area contributed by atoms with Crippen LogP contribution in [-0.2, 0) is 4.74 Å². The molecular formula is C18H25N5O4. The van der Waals surface area contributed by atoms with E-state index in [9.17, 15) is 14.9 Å². The summed E-state index contributed by atoms with van der Waals surface area (Å²) in [6, 6.07) is 3.40. The number of hydrogen-bond donors (Lipinski definition) is 3. The van der Waals surface area contributed by atoms with Gasteiger partial charge < -0.3 is 20.1 Å². The first-order chi connectivity index (χ1) is 12.6. The lowest BCUT2D eigenvalue weighted by Gasteiger charge is -2.41. The molecule has 0 aliphatic carbocycles. The van der Waals surface area contributed by atoms with E-state index < -0.39 is 29.7 Å². The van der Waals surface area contributed by atoms with Crippen molar-refractivity contribution in [1.29, 1.82) is 5.26 Å². The van der Waals surface area contributed by atoms with E-state index in [1.807, 2.05) is 11.8 Å². The molecule has 1 aliphatic rings. The van der Waals surface area contributed by atoms with Crippen molar-refractivity contribution < 1.29 is 19.4 Å². The molecule has 1 saturated heterocycles. The second kappa shape index (κ2) is 8.12. The SMILES string of the molecule is CC1CN(c2ccncc2NC(=O)OC(C)(C)C)CC(NC(=O)O)C1C#N. The zero-order chi connectivity index (χ0) is 20.2. The van der Waals surface area contributed by atoms with E-state index >= 15 is 0 Å². The average molecular weight is 375 g/mol. The highest BCUT2D eigenvalue weighted by atomic mass is 16.6. The van der Waals surface area contributed by atoms with Crippen molar-refractivity contribution in [3.63, 3.8) is 0 Å². The highest BCUT2D eigenvalue weighted by Crippen LogP contribution is 2.32. The summed E-state index contributed by atoms with van der Waals surface area (Å²) in [6.45, 7) is 8.07. The molecule has 1 aromatic heterocycles. The van der Waals surface area contributed by atoms with Gasteiger partial charge in [0, 0.05) is 19.3 Å². The van der Waals surface area contributed by atoms with E-state index in [1.54, 1.807) is 33.0 Å². The number of rotatable bonds is 3. The van der Waals surface area contributed by atoms with Crippen LogP contribution in [0.4, 0.5) is 21.0 Å². The third kappa shape index (κ3) is 5.48. The number of hydrogen-bond acceptors (Lipinski definition) is 6. The van der Waals surface area contributed by atoms with Gasteiger partial charge in [-0.2, -0.15) is 5.26 Å². The number of piperidine rings is 1. The Kier molecular flexibility index (Phi) is 6.10. The highest BCUT2D eigenvalue weighted by molar-refractivity contribution is 5.89. The number of carboxylic acid groups (broad SMARTS) is 1. The topological polar surface area (TPSA) is 128 Å². The molecule has 3 N–H and O–H groups in total. The molecule has 3 atom stereocenters. The number of anilines is 2. The normalized spacial score (nSPS) is 22.5. The zero-order valence-electron chi connectivity index (χ0n) is 15.9.